The summed E-state index contributed by atoms with van der Waals surface area (Å²) in [6.45, 7) is 14.9. The van der Waals surface area contributed by atoms with E-state index in [-0.39, 0.29) is 17.3 Å². The molecule has 0 spiro atoms. The van der Waals surface area contributed by atoms with Crippen LogP contribution in [0.4, 0.5) is 0 Å². The van der Waals surface area contributed by atoms with Crippen molar-refractivity contribution < 1.29 is 41.3 Å². The van der Waals surface area contributed by atoms with E-state index in [1.807, 2.05) is 41.5 Å². The van der Waals surface area contributed by atoms with Crippen molar-refractivity contribution in [2.45, 2.75) is 73.0 Å². The summed E-state index contributed by atoms with van der Waals surface area (Å²) in [7, 11) is -5.67. The SMILES string of the molecule is CCO[Si](CCCNC(=O)c1ccc(C(=O)O)n1CCC[Si](OCC)(OCC)OCC)(OCC)OCC. The van der Waals surface area contributed by atoms with E-state index in [0.717, 1.165) is 0 Å². The van der Waals surface area contributed by atoms with Gasteiger partial charge in [-0.1, -0.05) is 0 Å². The van der Waals surface area contributed by atoms with Gasteiger partial charge >= 0.3 is 23.6 Å². The van der Waals surface area contributed by atoms with Crippen molar-refractivity contribution in [3.63, 3.8) is 0 Å². The molecule has 13 heteroatoms. The van der Waals surface area contributed by atoms with Gasteiger partial charge in [-0.05, 0) is 66.5 Å². The molecule has 0 unspecified atom stereocenters. The highest BCUT2D eigenvalue weighted by atomic mass is 28.4. The van der Waals surface area contributed by atoms with Crippen LogP contribution in [-0.2, 0) is 33.1 Å². The Morgan fingerprint density at radius 2 is 1.14 bits per heavy atom. The molecule has 214 valence electrons. The fourth-order valence-corrected chi connectivity index (χ4v) is 9.35. The Hall–Kier alpha value is -1.59. The van der Waals surface area contributed by atoms with Crippen LogP contribution in [0.15, 0.2) is 12.1 Å². The van der Waals surface area contributed by atoms with Gasteiger partial charge < -0.3 is 41.5 Å². The van der Waals surface area contributed by atoms with Crippen LogP contribution in [0.5, 0.6) is 0 Å². The Morgan fingerprint density at radius 1 is 0.730 bits per heavy atom. The average molecular weight is 563 g/mol. The molecule has 0 saturated carbocycles. The van der Waals surface area contributed by atoms with Crippen molar-refractivity contribution >= 4 is 29.5 Å². The van der Waals surface area contributed by atoms with Crippen LogP contribution in [0.1, 0.15) is 75.4 Å². The molecule has 0 fully saturated rings. The second kappa shape index (κ2) is 17.8. The highest BCUT2D eigenvalue weighted by Gasteiger charge is 2.40. The van der Waals surface area contributed by atoms with Crippen molar-refractivity contribution in [3.8, 4) is 0 Å². The molecule has 1 rings (SSSR count). The minimum absolute atomic E-state index is 0.0529. The predicted octanol–water partition coefficient (Wildman–Crippen LogP) is 3.79. The minimum Gasteiger partial charge on any atom is -0.477 e. The van der Waals surface area contributed by atoms with Crippen molar-refractivity contribution in [3.05, 3.63) is 23.5 Å². The van der Waals surface area contributed by atoms with Gasteiger partial charge in [0.15, 0.2) is 0 Å². The summed E-state index contributed by atoms with van der Waals surface area (Å²) < 4.78 is 36.8. The number of aromatic carboxylic acids is 1. The molecule has 1 heterocycles. The number of carbonyl (C=O) groups excluding carboxylic acids is 1. The molecule has 0 aliphatic heterocycles. The van der Waals surface area contributed by atoms with Gasteiger partial charge in [-0.3, -0.25) is 4.79 Å². The van der Waals surface area contributed by atoms with Crippen LogP contribution in [0.3, 0.4) is 0 Å². The smallest absolute Gasteiger partial charge is 0.477 e. The molecule has 0 aliphatic carbocycles. The highest BCUT2D eigenvalue weighted by Crippen LogP contribution is 2.21. The van der Waals surface area contributed by atoms with Crippen LogP contribution >= 0.6 is 0 Å². The first kappa shape index (κ1) is 33.4. The average Bonchev–Trinajstić information content (AvgIpc) is 3.27. The third kappa shape index (κ3) is 10.6. The lowest BCUT2D eigenvalue weighted by molar-refractivity contribution is 0.0679. The Kier molecular flexibility index (Phi) is 16.1. The monoisotopic (exact) mass is 562 g/mol. The topological polar surface area (TPSA) is 127 Å². The van der Waals surface area contributed by atoms with Gasteiger partial charge in [-0.25, -0.2) is 4.79 Å². The zero-order valence-electron chi connectivity index (χ0n) is 23.3. The zero-order chi connectivity index (χ0) is 27.7. The Morgan fingerprint density at radius 3 is 1.54 bits per heavy atom. The maximum absolute atomic E-state index is 13.0. The summed E-state index contributed by atoms with van der Waals surface area (Å²) in [6.07, 6.45) is 1.14. The Labute approximate surface area is 223 Å². The summed E-state index contributed by atoms with van der Waals surface area (Å²) in [5, 5.41) is 12.6. The predicted molar refractivity (Wildman–Crippen MR) is 144 cm³/mol. The number of carboxylic acid groups (broad SMARTS) is 1. The van der Waals surface area contributed by atoms with E-state index < -0.39 is 23.6 Å². The molecule has 1 aromatic rings. The van der Waals surface area contributed by atoms with Crippen LogP contribution in [0.2, 0.25) is 12.1 Å². The fourth-order valence-electron chi connectivity index (χ4n) is 4.15. The number of rotatable bonds is 22. The summed E-state index contributed by atoms with van der Waals surface area (Å²) in [6, 6.07) is 4.08. The number of nitrogens with one attached hydrogen (secondary N) is 1. The van der Waals surface area contributed by atoms with Gasteiger partial charge in [0, 0.05) is 64.8 Å². The first-order valence-electron chi connectivity index (χ1n) is 13.3. The fraction of sp³-hybridized carbons (Fsp3) is 0.750. The number of hydrogen-bond acceptors (Lipinski definition) is 8. The van der Waals surface area contributed by atoms with Gasteiger partial charge in [-0.15, -0.1) is 0 Å². The van der Waals surface area contributed by atoms with Gasteiger partial charge in [0.2, 0.25) is 0 Å². The standard InChI is InChI=1S/C24H46N2O9Si2/c1-7-30-36(31-8-2,32-9-3)19-13-17-25-23(27)21-15-16-22(24(28)29)26(21)18-14-20-37(33-10-4,34-11-5)35-12-6/h15-16H,7-14,17-20H2,1-6H3,(H,25,27)(H,28,29). The summed E-state index contributed by atoms with van der Waals surface area (Å²) in [5.41, 5.74) is 0.342. The summed E-state index contributed by atoms with van der Waals surface area (Å²) in [5.74, 6) is -1.44. The molecule has 0 radical (unpaired) electrons. The van der Waals surface area contributed by atoms with Gasteiger partial charge in [0.25, 0.3) is 5.91 Å². The number of carbonyl (C=O) groups is 2. The first-order chi connectivity index (χ1) is 17.8. The van der Waals surface area contributed by atoms with Gasteiger partial charge in [0.05, 0.1) is 0 Å². The van der Waals surface area contributed by atoms with E-state index in [4.69, 9.17) is 26.6 Å². The molecule has 0 saturated heterocycles. The molecule has 0 aliphatic rings. The van der Waals surface area contributed by atoms with E-state index in [9.17, 15) is 14.7 Å². The van der Waals surface area contributed by atoms with E-state index >= 15 is 0 Å². The molecule has 0 bridgehead atoms. The molecular formula is C24H46N2O9Si2. The van der Waals surface area contributed by atoms with Crippen LogP contribution < -0.4 is 5.32 Å². The third-order valence-electron chi connectivity index (χ3n) is 5.43. The van der Waals surface area contributed by atoms with E-state index in [1.165, 1.54) is 16.7 Å². The number of carboxylic acids is 1. The first-order valence-corrected chi connectivity index (χ1v) is 17.2. The minimum atomic E-state index is -2.88. The van der Waals surface area contributed by atoms with Crippen molar-refractivity contribution in [1.82, 2.24) is 9.88 Å². The third-order valence-corrected chi connectivity index (χ3v) is 11.7. The Bertz CT molecular complexity index is 773. The largest absolute Gasteiger partial charge is 0.500 e. The quantitative estimate of drug-likeness (QED) is 0.160. The van der Waals surface area contributed by atoms with Crippen LogP contribution in [-0.4, -0.2) is 85.3 Å². The number of aromatic nitrogens is 1. The molecule has 37 heavy (non-hydrogen) atoms. The summed E-state index contributed by atoms with van der Waals surface area (Å²) >= 11 is 0. The van der Waals surface area contributed by atoms with Gasteiger partial charge in [0.1, 0.15) is 11.4 Å². The molecule has 0 atom stereocenters. The van der Waals surface area contributed by atoms with Gasteiger partial charge in [-0.2, -0.15) is 0 Å². The maximum Gasteiger partial charge on any atom is 0.500 e. The summed E-state index contributed by atoms with van der Waals surface area (Å²) in [4.78, 5) is 24.8. The van der Waals surface area contributed by atoms with Crippen molar-refractivity contribution in [1.29, 1.82) is 0 Å². The lowest BCUT2D eigenvalue weighted by atomic mass is 10.3. The lowest BCUT2D eigenvalue weighted by Gasteiger charge is -2.28. The van der Waals surface area contributed by atoms with Crippen molar-refractivity contribution in [2.75, 3.05) is 46.2 Å². The molecule has 1 aromatic heterocycles. The molecule has 2 N–H and O–H groups in total. The van der Waals surface area contributed by atoms with E-state index in [2.05, 4.69) is 5.32 Å². The van der Waals surface area contributed by atoms with Crippen molar-refractivity contribution in [2.24, 2.45) is 0 Å². The maximum atomic E-state index is 13.0. The van der Waals surface area contributed by atoms with E-state index in [0.29, 0.717) is 77.7 Å². The molecule has 0 aromatic carbocycles. The zero-order valence-corrected chi connectivity index (χ0v) is 25.3. The normalized spacial score (nSPS) is 12.2. The second-order valence-electron chi connectivity index (χ2n) is 7.99. The lowest BCUT2D eigenvalue weighted by Crippen LogP contribution is -2.46. The van der Waals surface area contributed by atoms with Crippen LogP contribution in [0, 0.1) is 0 Å². The number of amides is 1. The van der Waals surface area contributed by atoms with E-state index in [1.54, 1.807) is 0 Å². The Balaban J connectivity index is 2.88. The molecule has 11 nitrogen and oxygen atoms in total. The second-order valence-corrected chi connectivity index (χ2v) is 13.5. The highest BCUT2D eigenvalue weighted by molar-refractivity contribution is 6.61. The number of hydrogen-bond donors (Lipinski definition) is 2. The number of nitrogens with zero attached hydrogens (tertiary/aromatic N) is 1. The molecule has 1 amide bonds. The van der Waals surface area contributed by atoms with Crippen LogP contribution in [0.25, 0.3) is 0 Å². The molecular weight excluding hydrogens is 516 g/mol.